The van der Waals surface area contributed by atoms with Crippen molar-refractivity contribution in [3.05, 3.63) is 34.7 Å². The van der Waals surface area contributed by atoms with Crippen LogP contribution in [0.25, 0.3) is 22.1 Å². The van der Waals surface area contributed by atoms with Crippen molar-refractivity contribution in [1.82, 2.24) is 14.9 Å². The van der Waals surface area contributed by atoms with Crippen molar-refractivity contribution in [2.24, 2.45) is 0 Å². The first-order chi connectivity index (χ1) is 9.91. The van der Waals surface area contributed by atoms with Gasteiger partial charge in [0.2, 0.25) is 0 Å². The lowest BCUT2D eigenvalue weighted by Gasteiger charge is -2.07. The molecule has 0 bridgehead atoms. The van der Waals surface area contributed by atoms with Crippen LogP contribution in [0.2, 0.25) is 0 Å². The molecular formula is C13H9BrF3N3O. The predicted octanol–water partition coefficient (Wildman–Crippen LogP) is 4.49. The molecule has 8 heteroatoms. The van der Waals surface area contributed by atoms with Crippen molar-refractivity contribution in [2.75, 3.05) is 0 Å². The highest BCUT2D eigenvalue weighted by Gasteiger charge is 2.38. The maximum absolute atomic E-state index is 13.2. The van der Waals surface area contributed by atoms with E-state index in [4.69, 9.17) is 4.52 Å². The average molecular weight is 360 g/mol. The van der Waals surface area contributed by atoms with Crippen LogP contribution in [0.4, 0.5) is 13.2 Å². The number of halogens is 4. The number of nitrogens with zero attached hydrogens (tertiary/aromatic N) is 3. The van der Waals surface area contributed by atoms with E-state index in [1.807, 2.05) is 0 Å². The first kappa shape index (κ1) is 14.1. The fraction of sp³-hybridized carbons (Fsp3) is 0.231. The summed E-state index contributed by atoms with van der Waals surface area (Å²) in [5, 5.41) is 7.89. The molecule has 4 nitrogen and oxygen atoms in total. The molecule has 3 aromatic rings. The number of hydrogen-bond donors (Lipinski definition) is 0. The van der Waals surface area contributed by atoms with Gasteiger partial charge in [-0.3, -0.25) is 4.68 Å². The second kappa shape index (κ2) is 4.87. The van der Waals surface area contributed by atoms with Crippen LogP contribution < -0.4 is 0 Å². The quantitative estimate of drug-likeness (QED) is 0.676. The second-order valence-electron chi connectivity index (χ2n) is 4.41. The predicted molar refractivity (Wildman–Crippen MR) is 73.6 cm³/mol. The molecular weight excluding hydrogens is 351 g/mol. The molecule has 3 rings (SSSR count). The smallest absolute Gasteiger partial charge is 0.356 e. The maximum Gasteiger partial charge on any atom is 0.435 e. The lowest BCUT2D eigenvalue weighted by molar-refractivity contribution is -0.141. The van der Waals surface area contributed by atoms with Crippen molar-refractivity contribution in [3.63, 3.8) is 0 Å². The largest absolute Gasteiger partial charge is 0.435 e. The van der Waals surface area contributed by atoms with Gasteiger partial charge in [0.25, 0.3) is 0 Å². The minimum absolute atomic E-state index is 0.0291. The number of fused-ring (bicyclic) bond motifs is 1. The summed E-state index contributed by atoms with van der Waals surface area (Å²) < 4.78 is 46.5. The van der Waals surface area contributed by atoms with Gasteiger partial charge < -0.3 is 4.52 Å². The average Bonchev–Trinajstić information content (AvgIpc) is 3.03. The topological polar surface area (TPSA) is 43.9 Å². The maximum atomic E-state index is 13.2. The molecule has 0 unspecified atom stereocenters. The van der Waals surface area contributed by atoms with Gasteiger partial charge in [-0.15, -0.1) is 0 Å². The number of aromatic nitrogens is 3. The third-order valence-corrected chi connectivity index (χ3v) is 3.76. The van der Waals surface area contributed by atoms with E-state index in [-0.39, 0.29) is 5.56 Å². The monoisotopic (exact) mass is 359 g/mol. The van der Waals surface area contributed by atoms with Gasteiger partial charge in [-0.05, 0) is 19.1 Å². The summed E-state index contributed by atoms with van der Waals surface area (Å²) >= 11 is 3.28. The molecule has 0 aliphatic carbocycles. The molecule has 0 amide bonds. The molecule has 0 atom stereocenters. The Kier molecular flexibility index (Phi) is 3.27. The Bertz CT molecular complexity index is 807. The highest BCUT2D eigenvalue weighted by molar-refractivity contribution is 9.10. The first-order valence-corrected chi connectivity index (χ1v) is 6.89. The van der Waals surface area contributed by atoms with E-state index < -0.39 is 11.9 Å². The van der Waals surface area contributed by atoms with Gasteiger partial charge >= 0.3 is 6.18 Å². The molecule has 0 aliphatic rings. The standard InChI is InChI=1S/C13H9BrF3N3O/c1-2-20-6-8(12(19-20)13(15,16)17)10-9(14)4-3-7-5-18-21-11(7)10/h3-6H,2H2,1H3. The van der Waals surface area contributed by atoms with Crippen LogP contribution in [0.5, 0.6) is 0 Å². The number of hydrogen-bond acceptors (Lipinski definition) is 3. The fourth-order valence-electron chi connectivity index (χ4n) is 2.14. The zero-order valence-corrected chi connectivity index (χ0v) is 12.4. The van der Waals surface area contributed by atoms with Crippen molar-refractivity contribution in [1.29, 1.82) is 0 Å². The van der Waals surface area contributed by atoms with Gasteiger partial charge in [-0.25, -0.2) is 0 Å². The van der Waals surface area contributed by atoms with Crippen LogP contribution >= 0.6 is 15.9 Å². The Balaban J connectivity index is 2.35. The summed E-state index contributed by atoms with van der Waals surface area (Å²) in [6.45, 7) is 2.06. The highest BCUT2D eigenvalue weighted by Crippen LogP contribution is 2.42. The summed E-state index contributed by atoms with van der Waals surface area (Å²) in [7, 11) is 0. The molecule has 0 N–H and O–H groups in total. The van der Waals surface area contributed by atoms with Gasteiger partial charge in [0, 0.05) is 33.7 Å². The van der Waals surface area contributed by atoms with Crippen molar-refractivity contribution in [3.8, 4) is 11.1 Å². The third kappa shape index (κ3) is 2.33. The van der Waals surface area contributed by atoms with Crippen molar-refractivity contribution >= 4 is 26.9 Å². The molecule has 0 saturated carbocycles. The van der Waals surface area contributed by atoms with E-state index in [0.717, 1.165) is 0 Å². The Labute approximate surface area is 125 Å². The highest BCUT2D eigenvalue weighted by atomic mass is 79.9. The molecule has 110 valence electrons. The van der Waals surface area contributed by atoms with Gasteiger partial charge in [0.05, 0.1) is 6.20 Å². The van der Waals surface area contributed by atoms with E-state index in [1.165, 1.54) is 17.1 Å². The molecule has 0 aliphatic heterocycles. The number of alkyl halides is 3. The summed E-state index contributed by atoms with van der Waals surface area (Å²) in [5.74, 6) is 0. The number of rotatable bonds is 2. The fourth-order valence-corrected chi connectivity index (χ4v) is 2.66. The summed E-state index contributed by atoms with van der Waals surface area (Å²) in [4.78, 5) is 0. The number of aryl methyl sites for hydroxylation is 1. The van der Waals surface area contributed by atoms with E-state index in [0.29, 0.717) is 27.6 Å². The Morgan fingerprint density at radius 2 is 2.10 bits per heavy atom. The Morgan fingerprint density at radius 1 is 1.33 bits per heavy atom. The Morgan fingerprint density at radius 3 is 2.76 bits per heavy atom. The van der Waals surface area contributed by atoms with Gasteiger partial charge in [0.15, 0.2) is 11.3 Å². The van der Waals surface area contributed by atoms with Gasteiger partial charge in [-0.2, -0.15) is 18.3 Å². The second-order valence-corrected chi connectivity index (χ2v) is 5.27. The van der Waals surface area contributed by atoms with Crippen LogP contribution in [-0.4, -0.2) is 14.9 Å². The zero-order chi connectivity index (χ0) is 15.2. The van der Waals surface area contributed by atoms with Crippen LogP contribution in [-0.2, 0) is 12.7 Å². The molecule has 2 heterocycles. The van der Waals surface area contributed by atoms with Crippen LogP contribution in [0.3, 0.4) is 0 Å². The van der Waals surface area contributed by atoms with Crippen LogP contribution in [0, 0.1) is 0 Å². The summed E-state index contributed by atoms with van der Waals surface area (Å²) in [5.41, 5.74) is -0.366. The Hall–Kier alpha value is -1.83. The number of benzene rings is 1. The molecule has 1 aromatic carbocycles. The summed E-state index contributed by atoms with van der Waals surface area (Å²) in [6, 6.07) is 3.38. The van der Waals surface area contributed by atoms with Crippen molar-refractivity contribution in [2.45, 2.75) is 19.6 Å². The molecule has 0 spiro atoms. The van der Waals surface area contributed by atoms with E-state index in [9.17, 15) is 13.2 Å². The van der Waals surface area contributed by atoms with Gasteiger partial charge in [0.1, 0.15) is 0 Å². The minimum Gasteiger partial charge on any atom is -0.356 e. The summed E-state index contributed by atoms with van der Waals surface area (Å²) in [6.07, 6.45) is -1.72. The van der Waals surface area contributed by atoms with E-state index >= 15 is 0 Å². The lowest BCUT2D eigenvalue weighted by atomic mass is 10.0. The SMILES string of the molecule is CCn1cc(-c2c(Br)ccc3cnoc23)c(C(F)(F)F)n1. The first-order valence-electron chi connectivity index (χ1n) is 6.09. The van der Waals surface area contributed by atoms with Crippen LogP contribution in [0.15, 0.2) is 33.5 Å². The molecule has 0 fully saturated rings. The zero-order valence-electron chi connectivity index (χ0n) is 10.8. The molecule has 0 saturated heterocycles. The third-order valence-electron chi connectivity index (χ3n) is 3.10. The van der Waals surface area contributed by atoms with E-state index in [1.54, 1.807) is 19.1 Å². The minimum atomic E-state index is -4.54. The normalized spacial score (nSPS) is 12.2. The lowest BCUT2D eigenvalue weighted by Crippen LogP contribution is -2.09. The molecule has 2 aromatic heterocycles. The molecule has 21 heavy (non-hydrogen) atoms. The van der Waals surface area contributed by atoms with Crippen LogP contribution in [0.1, 0.15) is 12.6 Å². The van der Waals surface area contributed by atoms with Crippen molar-refractivity contribution < 1.29 is 17.7 Å². The molecule has 0 radical (unpaired) electrons. The van der Waals surface area contributed by atoms with E-state index in [2.05, 4.69) is 26.2 Å². The van der Waals surface area contributed by atoms with Gasteiger partial charge in [-0.1, -0.05) is 21.1 Å².